The van der Waals surface area contributed by atoms with Crippen molar-refractivity contribution in [3.05, 3.63) is 180 Å². The Morgan fingerprint density at radius 1 is 0.300 bits per heavy atom. The van der Waals surface area contributed by atoms with Gasteiger partial charge in [0.05, 0.1) is 0 Å². The van der Waals surface area contributed by atoms with Crippen LogP contribution in [0.25, 0.3) is 77.2 Å². The van der Waals surface area contributed by atoms with Gasteiger partial charge in [-0.25, -0.2) is 0 Å². The summed E-state index contributed by atoms with van der Waals surface area (Å²) in [5, 5.41) is 5.06. The molecule has 0 fully saturated rings. The minimum Gasteiger partial charge on any atom is -0.0619 e. The largest absolute Gasteiger partial charge is 0.0619 e. The molecular formula is C50H38. The van der Waals surface area contributed by atoms with Crippen LogP contribution in [0.2, 0.25) is 0 Å². The normalized spacial score (nSPS) is 14.7. The van der Waals surface area contributed by atoms with Crippen molar-refractivity contribution in [1.82, 2.24) is 0 Å². The highest BCUT2D eigenvalue weighted by atomic mass is 14.5. The van der Waals surface area contributed by atoms with E-state index in [-0.39, 0.29) is 10.8 Å². The second-order valence-electron chi connectivity index (χ2n) is 15.4. The molecule has 8 aromatic carbocycles. The van der Waals surface area contributed by atoms with Gasteiger partial charge in [0.2, 0.25) is 0 Å². The number of rotatable bonds is 3. The van der Waals surface area contributed by atoms with Crippen molar-refractivity contribution in [2.45, 2.75) is 38.5 Å². The molecule has 0 aliphatic heterocycles. The van der Waals surface area contributed by atoms with E-state index in [0.29, 0.717) is 0 Å². The van der Waals surface area contributed by atoms with Crippen LogP contribution in [0.1, 0.15) is 49.9 Å². The zero-order valence-electron chi connectivity index (χ0n) is 29.0. The lowest BCUT2D eigenvalue weighted by Crippen LogP contribution is -2.18. The maximum atomic E-state index is 2.46. The van der Waals surface area contributed by atoms with Crippen LogP contribution in [0.3, 0.4) is 0 Å². The van der Waals surface area contributed by atoms with Crippen LogP contribution in [-0.4, -0.2) is 0 Å². The van der Waals surface area contributed by atoms with Gasteiger partial charge in [0.25, 0.3) is 0 Å². The summed E-state index contributed by atoms with van der Waals surface area (Å²) in [4.78, 5) is 0. The number of benzene rings is 8. The quantitative estimate of drug-likeness (QED) is 0.181. The van der Waals surface area contributed by atoms with E-state index >= 15 is 0 Å². The molecule has 0 nitrogen and oxygen atoms in total. The van der Waals surface area contributed by atoms with Gasteiger partial charge < -0.3 is 0 Å². The molecule has 0 aromatic heterocycles. The third kappa shape index (κ3) is 4.18. The first-order valence-electron chi connectivity index (χ1n) is 17.8. The molecule has 0 heteroatoms. The Kier molecular flexibility index (Phi) is 6.07. The van der Waals surface area contributed by atoms with E-state index in [1.54, 1.807) is 0 Å². The molecule has 10 rings (SSSR count). The molecule has 0 unspecified atom stereocenters. The number of hydrogen-bond acceptors (Lipinski definition) is 0. The van der Waals surface area contributed by atoms with Crippen molar-refractivity contribution < 1.29 is 0 Å². The lowest BCUT2D eigenvalue weighted by atomic mass is 9.77. The fourth-order valence-electron chi connectivity index (χ4n) is 9.13. The summed E-state index contributed by atoms with van der Waals surface area (Å²) >= 11 is 0. The van der Waals surface area contributed by atoms with Gasteiger partial charge in [0, 0.05) is 10.8 Å². The van der Waals surface area contributed by atoms with Crippen LogP contribution in [0.4, 0.5) is 0 Å². The van der Waals surface area contributed by atoms with Gasteiger partial charge in [0.1, 0.15) is 0 Å². The average molecular weight is 639 g/mol. The Balaban J connectivity index is 1.01. The van der Waals surface area contributed by atoms with Gasteiger partial charge in [0.15, 0.2) is 0 Å². The Hall–Kier alpha value is -5.72. The lowest BCUT2D eigenvalue weighted by Gasteiger charge is -2.26. The van der Waals surface area contributed by atoms with Gasteiger partial charge >= 0.3 is 0 Å². The van der Waals surface area contributed by atoms with Crippen molar-refractivity contribution in [3.8, 4) is 55.6 Å². The van der Waals surface area contributed by atoms with E-state index in [4.69, 9.17) is 0 Å². The van der Waals surface area contributed by atoms with Gasteiger partial charge in [-0.1, -0.05) is 155 Å². The molecule has 0 atom stereocenters. The van der Waals surface area contributed by atoms with Crippen LogP contribution in [-0.2, 0) is 10.8 Å². The zero-order valence-corrected chi connectivity index (χ0v) is 29.0. The van der Waals surface area contributed by atoms with Crippen molar-refractivity contribution >= 4 is 21.5 Å². The Morgan fingerprint density at radius 3 is 1.52 bits per heavy atom. The fourth-order valence-corrected chi connectivity index (χ4v) is 9.13. The molecule has 2 aliphatic rings. The highest BCUT2D eigenvalue weighted by molar-refractivity contribution is 5.96. The van der Waals surface area contributed by atoms with Crippen LogP contribution in [0.5, 0.6) is 0 Å². The Morgan fingerprint density at radius 2 is 0.820 bits per heavy atom. The first-order valence-corrected chi connectivity index (χ1v) is 17.8. The van der Waals surface area contributed by atoms with Gasteiger partial charge in [-0.2, -0.15) is 0 Å². The van der Waals surface area contributed by atoms with E-state index in [1.807, 2.05) is 0 Å². The molecule has 0 saturated carbocycles. The van der Waals surface area contributed by atoms with E-state index in [9.17, 15) is 0 Å². The molecule has 2 aliphatic carbocycles. The van der Waals surface area contributed by atoms with Crippen LogP contribution in [0, 0.1) is 0 Å². The molecule has 8 aromatic rings. The summed E-state index contributed by atoms with van der Waals surface area (Å²) in [5.41, 5.74) is 18.8. The molecule has 0 bridgehead atoms. The molecular weight excluding hydrogens is 601 g/mol. The summed E-state index contributed by atoms with van der Waals surface area (Å²) in [5.74, 6) is 0. The van der Waals surface area contributed by atoms with Crippen LogP contribution >= 0.6 is 0 Å². The molecule has 0 spiro atoms. The second-order valence-corrected chi connectivity index (χ2v) is 15.4. The fraction of sp³-hybridized carbons (Fsp3) is 0.120. The monoisotopic (exact) mass is 638 g/mol. The van der Waals surface area contributed by atoms with Gasteiger partial charge in [-0.05, 0) is 130 Å². The van der Waals surface area contributed by atoms with Crippen molar-refractivity contribution in [3.63, 3.8) is 0 Å². The van der Waals surface area contributed by atoms with Gasteiger partial charge in [-0.15, -0.1) is 0 Å². The first-order chi connectivity index (χ1) is 24.3. The molecule has 0 radical (unpaired) electrons. The predicted molar refractivity (Wildman–Crippen MR) is 213 cm³/mol. The molecule has 0 amide bonds. The predicted octanol–water partition coefficient (Wildman–Crippen LogP) is 13.6. The smallest absolute Gasteiger partial charge is 0.0165 e. The maximum Gasteiger partial charge on any atom is 0.0165 e. The highest BCUT2D eigenvalue weighted by Gasteiger charge is 2.44. The minimum atomic E-state index is -0.0811. The Bertz CT molecular complexity index is 2700. The maximum absolute atomic E-state index is 2.46. The van der Waals surface area contributed by atoms with Crippen LogP contribution in [0.15, 0.2) is 158 Å². The number of hydrogen-bond donors (Lipinski definition) is 0. The first kappa shape index (κ1) is 29.2. The van der Waals surface area contributed by atoms with E-state index in [0.717, 1.165) is 0 Å². The summed E-state index contributed by atoms with van der Waals surface area (Å²) in [6, 6.07) is 59.1. The van der Waals surface area contributed by atoms with E-state index in [1.165, 1.54) is 99.4 Å². The summed E-state index contributed by atoms with van der Waals surface area (Å²) in [7, 11) is 0. The SMILES string of the molecule is CC1(C)c2cc(-c3cccc(-c4ccc5cc(-c6ccc7ccccc7c6)ccc5c4)c3)ccc2-c2c1ccc1c2C(C)(C)c2ccccc2-1. The topological polar surface area (TPSA) is 0 Å². The van der Waals surface area contributed by atoms with Crippen LogP contribution < -0.4 is 0 Å². The molecule has 0 N–H and O–H groups in total. The average Bonchev–Trinajstić information content (AvgIpc) is 3.53. The van der Waals surface area contributed by atoms with E-state index in [2.05, 4.69) is 185 Å². The van der Waals surface area contributed by atoms with Crippen molar-refractivity contribution in [2.24, 2.45) is 0 Å². The van der Waals surface area contributed by atoms with Crippen molar-refractivity contribution in [2.75, 3.05) is 0 Å². The third-order valence-corrected chi connectivity index (χ3v) is 11.8. The Labute approximate surface area is 294 Å². The standard InChI is InChI=1S/C50H38/c1-49(2)45-25-24-42-41-14-7-8-15-44(41)50(3,4)48(42)47(45)43-23-22-40(30-46(43)49)34-13-9-12-33(27-34)35-18-19-39-29-38(21-20-37(39)28-35)36-17-16-31-10-5-6-11-32(31)26-36/h5-30H,1-4H3. The molecule has 0 heterocycles. The van der Waals surface area contributed by atoms with E-state index < -0.39 is 0 Å². The number of fused-ring (bicyclic) bond motifs is 9. The molecule has 238 valence electrons. The summed E-state index contributed by atoms with van der Waals surface area (Å²) in [6.45, 7) is 9.61. The van der Waals surface area contributed by atoms with Gasteiger partial charge in [-0.3, -0.25) is 0 Å². The molecule has 50 heavy (non-hydrogen) atoms. The summed E-state index contributed by atoms with van der Waals surface area (Å²) in [6.07, 6.45) is 0. The highest BCUT2D eigenvalue weighted by Crippen LogP contribution is 2.59. The zero-order chi connectivity index (χ0) is 33.8. The van der Waals surface area contributed by atoms with Crippen molar-refractivity contribution in [1.29, 1.82) is 0 Å². The lowest BCUT2D eigenvalue weighted by molar-refractivity contribution is 0.647. The molecule has 0 saturated heterocycles. The summed E-state index contributed by atoms with van der Waals surface area (Å²) < 4.78 is 0. The third-order valence-electron chi connectivity index (χ3n) is 11.8. The second kappa shape index (κ2) is 10.4. The minimum absolute atomic E-state index is 0.0418.